The fourth-order valence-corrected chi connectivity index (χ4v) is 8.01. The third kappa shape index (κ3) is 6.95. The van der Waals surface area contributed by atoms with Gasteiger partial charge in [-0.15, -0.1) is 35.7 Å². The van der Waals surface area contributed by atoms with E-state index in [0.717, 1.165) is 72.2 Å². The maximum atomic E-state index is 6.56. The van der Waals surface area contributed by atoms with Crippen LogP contribution in [-0.4, -0.2) is 14.1 Å². The monoisotopic (exact) mass is 955 g/mol. The zero-order valence-electron chi connectivity index (χ0n) is 33.5. The summed E-state index contributed by atoms with van der Waals surface area (Å²) in [5.41, 5.74) is 12.1. The molecule has 10 rings (SSSR count). The van der Waals surface area contributed by atoms with Gasteiger partial charge in [-0.1, -0.05) is 166 Å². The number of hydrogen-bond acceptors (Lipinski definition) is 2. The van der Waals surface area contributed by atoms with Gasteiger partial charge in [-0.25, -0.2) is 4.98 Å². The Labute approximate surface area is 364 Å². The number of pyridine rings is 1. The predicted octanol–water partition coefficient (Wildman–Crippen LogP) is 12.8. The fourth-order valence-electron chi connectivity index (χ4n) is 8.01. The van der Waals surface area contributed by atoms with Gasteiger partial charge < -0.3 is 9.30 Å². The third-order valence-electron chi connectivity index (χ3n) is 11.0. The molecule has 0 saturated heterocycles. The molecule has 0 spiro atoms. The summed E-state index contributed by atoms with van der Waals surface area (Å²) in [6.07, 6.45) is 5.61. The molecule has 7 aromatic carbocycles. The summed E-state index contributed by atoms with van der Waals surface area (Å²) in [7, 11) is 0. The van der Waals surface area contributed by atoms with Crippen LogP contribution in [-0.2, 0) is 26.5 Å². The van der Waals surface area contributed by atoms with Crippen LogP contribution in [0.5, 0.6) is 11.5 Å². The summed E-state index contributed by atoms with van der Waals surface area (Å²) in [6.45, 7) is 11.3. The predicted molar refractivity (Wildman–Crippen MR) is 239 cm³/mol. The minimum absolute atomic E-state index is 0. The van der Waals surface area contributed by atoms with E-state index in [1.807, 2.05) is 47.2 Å². The van der Waals surface area contributed by atoms with Crippen LogP contribution in [0.4, 0.5) is 0 Å². The Hall–Kier alpha value is -6.81. The fraction of sp³-hybridized carbons (Fsp3) is 0.0741. The second-order valence-corrected chi connectivity index (χ2v) is 15.8. The molecule has 0 bridgehead atoms. The van der Waals surface area contributed by atoms with Crippen molar-refractivity contribution < 1.29 is 30.4 Å². The molecule has 10 aromatic rings. The van der Waals surface area contributed by atoms with Crippen LogP contribution >= 0.6 is 0 Å². The first-order valence-corrected chi connectivity index (χ1v) is 19.8. The maximum absolute atomic E-state index is 6.56. The van der Waals surface area contributed by atoms with Gasteiger partial charge in [0.15, 0.2) is 0 Å². The first kappa shape index (κ1) is 38.7. The van der Waals surface area contributed by atoms with E-state index >= 15 is 0 Å². The number of hydrogen-bond donors (Lipinski definition) is 0. The van der Waals surface area contributed by atoms with Crippen LogP contribution in [0.1, 0.15) is 31.9 Å². The number of benzene rings is 7. The molecule has 0 saturated carbocycles. The molecular formula is C54H40N4OPt-2. The van der Waals surface area contributed by atoms with E-state index in [-0.39, 0.29) is 26.5 Å². The molecule has 60 heavy (non-hydrogen) atoms. The molecule has 0 fully saturated rings. The summed E-state index contributed by atoms with van der Waals surface area (Å²) in [5.74, 6) is 1.98. The summed E-state index contributed by atoms with van der Waals surface area (Å²) in [6, 6.07) is 65.6. The molecule has 0 N–H and O–H groups in total. The van der Waals surface area contributed by atoms with Crippen molar-refractivity contribution in [1.29, 1.82) is 0 Å². The number of nitrogens with zero attached hydrogens (tertiary/aromatic N) is 4. The summed E-state index contributed by atoms with van der Waals surface area (Å²) in [4.78, 5) is 4.83. The Morgan fingerprint density at radius 3 is 1.98 bits per heavy atom. The van der Waals surface area contributed by atoms with Crippen LogP contribution in [0.25, 0.3) is 72.3 Å². The molecule has 3 heterocycles. The van der Waals surface area contributed by atoms with Gasteiger partial charge in [0.1, 0.15) is 5.82 Å². The first-order valence-electron chi connectivity index (χ1n) is 19.8. The third-order valence-corrected chi connectivity index (χ3v) is 11.0. The molecule has 5 nitrogen and oxygen atoms in total. The minimum atomic E-state index is -0.0258. The largest absolute Gasteiger partial charge is 0.503 e. The summed E-state index contributed by atoms with van der Waals surface area (Å²) < 4.78 is 12.9. The van der Waals surface area contributed by atoms with Gasteiger partial charge in [-0.3, -0.25) is 9.13 Å². The first-order chi connectivity index (χ1) is 28.8. The normalized spacial score (nSPS) is 11.5. The van der Waals surface area contributed by atoms with E-state index in [2.05, 4.69) is 188 Å². The van der Waals surface area contributed by atoms with Crippen LogP contribution < -0.4 is 9.30 Å². The second kappa shape index (κ2) is 15.7. The van der Waals surface area contributed by atoms with E-state index in [9.17, 15) is 0 Å². The average Bonchev–Trinajstić information content (AvgIpc) is 3.82. The minimum Gasteiger partial charge on any atom is -0.503 e. The molecule has 0 radical (unpaired) electrons. The summed E-state index contributed by atoms with van der Waals surface area (Å²) >= 11 is 0. The van der Waals surface area contributed by atoms with Crippen LogP contribution in [0.15, 0.2) is 183 Å². The van der Waals surface area contributed by atoms with Crippen molar-refractivity contribution in [3.63, 3.8) is 0 Å². The Morgan fingerprint density at radius 2 is 1.27 bits per heavy atom. The van der Waals surface area contributed by atoms with Gasteiger partial charge in [-0.05, 0) is 56.8 Å². The average molecular weight is 956 g/mol. The molecule has 0 unspecified atom stereocenters. The molecule has 6 heteroatoms. The smallest absolute Gasteiger partial charge is 0.269 e. The molecule has 0 aliphatic carbocycles. The Balaban J connectivity index is 0.00000462. The van der Waals surface area contributed by atoms with Crippen molar-refractivity contribution in [3.8, 4) is 45.3 Å². The molecular weight excluding hydrogens is 916 g/mol. The van der Waals surface area contributed by atoms with Gasteiger partial charge in [0.2, 0.25) is 0 Å². The standard InChI is InChI=1S/C54H40N4O.Pt/c1-37(56-36-57(50-28-14-13-27-49(50)56)53-44(38-17-7-5-8-18-38)24-16-25-45(53)39-19-9-6-10-20-39)40-21-15-22-42(33-40)59-43-29-30-47-46-23-11-12-26-48(46)58(51(47)35-43)52-34-41(31-32-55-52)54(2,3)4;/h5-32,34H,1H2,2-4H3;/q-2;. The number of para-hydroxylation sites is 4. The Bertz CT molecular complexity index is 3140. The second-order valence-electron chi connectivity index (χ2n) is 15.8. The Kier molecular flexibility index (Phi) is 10.2. The number of fused-ring (bicyclic) bond motifs is 4. The van der Waals surface area contributed by atoms with Crippen molar-refractivity contribution >= 4 is 38.5 Å². The van der Waals surface area contributed by atoms with Gasteiger partial charge in [-0.2, -0.15) is 6.07 Å². The zero-order chi connectivity index (χ0) is 40.1. The van der Waals surface area contributed by atoms with E-state index in [1.54, 1.807) is 0 Å². The van der Waals surface area contributed by atoms with Crippen molar-refractivity contribution in [3.05, 3.63) is 212 Å². The molecule has 0 aliphatic rings. The molecule has 3 aromatic heterocycles. The Morgan fingerprint density at radius 1 is 0.633 bits per heavy atom. The van der Waals surface area contributed by atoms with Crippen LogP contribution in [0, 0.1) is 18.5 Å². The van der Waals surface area contributed by atoms with Crippen LogP contribution in [0.3, 0.4) is 0 Å². The molecule has 0 amide bonds. The quantitative estimate of drug-likeness (QED) is 0.112. The van der Waals surface area contributed by atoms with Crippen molar-refractivity contribution in [2.45, 2.75) is 26.2 Å². The van der Waals surface area contributed by atoms with Crippen LogP contribution in [0.2, 0.25) is 0 Å². The van der Waals surface area contributed by atoms with Gasteiger partial charge >= 0.3 is 0 Å². The van der Waals surface area contributed by atoms with Gasteiger partial charge in [0.05, 0.1) is 16.7 Å². The SMILES string of the molecule is C=C(c1[c-]c(Oc2[c-]c3c(cc2)c2ccccc2n3-c2cc(C(C)(C)C)ccn2)ccc1)n1[c-][n+](-c2c(-c3ccccc3)cccc2-c2ccccc2)c2ccccc21.[Pt]. The number of ether oxygens (including phenoxy) is 1. The van der Waals surface area contributed by atoms with Crippen molar-refractivity contribution in [2.24, 2.45) is 0 Å². The van der Waals surface area contributed by atoms with E-state index in [0.29, 0.717) is 17.2 Å². The topological polar surface area (TPSA) is 35.9 Å². The van der Waals surface area contributed by atoms with Crippen molar-refractivity contribution in [1.82, 2.24) is 14.1 Å². The number of aromatic nitrogens is 4. The van der Waals surface area contributed by atoms with E-state index in [1.165, 1.54) is 5.56 Å². The molecule has 0 aliphatic heterocycles. The van der Waals surface area contributed by atoms with Crippen molar-refractivity contribution in [2.75, 3.05) is 0 Å². The van der Waals surface area contributed by atoms with Gasteiger partial charge in [0.25, 0.3) is 6.33 Å². The molecule has 294 valence electrons. The maximum Gasteiger partial charge on any atom is 0.269 e. The molecule has 0 atom stereocenters. The zero-order valence-corrected chi connectivity index (χ0v) is 35.7. The summed E-state index contributed by atoms with van der Waals surface area (Å²) in [5, 5.41) is 2.21. The number of rotatable bonds is 8. The van der Waals surface area contributed by atoms with Gasteiger partial charge in [0, 0.05) is 50.0 Å². The number of imidazole rings is 1. The van der Waals surface area contributed by atoms with E-state index < -0.39 is 0 Å². The van der Waals surface area contributed by atoms with E-state index in [4.69, 9.17) is 9.72 Å².